The van der Waals surface area contributed by atoms with Gasteiger partial charge in [0.2, 0.25) is 0 Å². The molecule has 1 N–H and O–H groups in total. The smallest absolute Gasteiger partial charge is 0.272 e. The molecule has 7 heteroatoms. The van der Waals surface area contributed by atoms with Crippen molar-refractivity contribution in [3.8, 4) is 0 Å². The number of halogens is 1. The van der Waals surface area contributed by atoms with Crippen LogP contribution in [0.5, 0.6) is 0 Å². The fourth-order valence-electron chi connectivity index (χ4n) is 3.65. The molecule has 2 saturated heterocycles. The van der Waals surface area contributed by atoms with Crippen molar-refractivity contribution < 1.29 is 9.72 Å². The molecular weight excluding hydrogens is 318 g/mol. The molecule has 6 nitrogen and oxygen atoms in total. The minimum Gasteiger partial charge on any atom is -0.338 e. The van der Waals surface area contributed by atoms with Crippen molar-refractivity contribution in [1.82, 2.24) is 10.2 Å². The van der Waals surface area contributed by atoms with Crippen LogP contribution in [0.25, 0.3) is 0 Å². The largest absolute Gasteiger partial charge is 0.338 e. The molecular formula is C16H22ClN3O3. The molecule has 0 aliphatic carbocycles. The highest BCUT2D eigenvalue weighted by molar-refractivity contribution is 5.95. The van der Waals surface area contributed by atoms with Gasteiger partial charge in [0, 0.05) is 30.3 Å². The number of aryl methyl sites for hydroxylation is 1. The lowest BCUT2D eigenvalue weighted by atomic mass is 9.78. The van der Waals surface area contributed by atoms with Gasteiger partial charge in [-0.2, -0.15) is 0 Å². The fourth-order valence-corrected chi connectivity index (χ4v) is 3.65. The van der Waals surface area contributed by atoms with Crippen LogP contribution in [0.1, 0.15) is 35.2 Å². The third-order valence-electron chi connectivity index (χ3n) is 5.03. The number of amides is 1. The fraction of sp³-hybridized carbons (Fsp3) is 0.562. The monoisotopic (exact) mass is 339 g/mol. The standard InChI is InChI=1S/C16H21N3O3.ClH/c1-12-10-13(2-3-14(12)19(21)22)15(20)18-9-6-16(11-18)4-7-17-8-5-16;/h2-3,10,17H,4-9,11H2,1H3;1H. The second-order valence-corrected chi connectivity index (χ2v) is 6.49. The lowest BCUT2D eigenvalue weighted by Gasteiger charge is -2.33. The van der Waals surface area contributed by atoms with E-state index in [1.54, 1.807) is 19.1 Å². The predicted octanol–water partition coefficient (Wildman–Crippen LogP) is 2.54. The first-order chi connectivity index (χ1) is 10.5. The van der Waals surface area contributed by atoms with Gasteiger partial charge in [-0.3, -0.25) is 14.9 Å². The number of hydrogen-bond acceptors (Lipinski definition) is 4. The summed E-state index contributed by atoms with van der Waals surface area (Å²) in [4.78, 5) is 25.0. The first-order valence-corrected chi connectivity index (χ1v) is 7.76. The lowest BCUT2D eigenvalue weighted by molar-refractivity contribution is -0.385. The van der Waals surface area contributed by atoms with Crippen LogP contribution < -0.4 is 5.32 Å². The summed E-state index contributed by atoms with van der Waals surface area (Å²) in [6.07, 6.45) is 3.30. The van der Waals surface area contributed by atoms with Crippen LogP contribution in [0.4, 0.5) is 5.69 Å². The van der Waals surface area contributed by atoms with E-state index in [2.05, 4.69) is 5.32 Å². The number of rotatable bonds is 2. The number of carbonyl (C=O) groups excluding carboxylic acids is 1. The molecule has 2 aliphatic heterocycles. The normalized spacial score (nSPS) is 19.4. The van der Waals surface area contributed by atoms with Gasteiger partial charge in [0.15, 0.2) is 0 Å². The number of nitrogens with zero attached hydrogens (tertiary/aromatic N) is 2. The van der Waals surface area contributed by atoms with Crippen molar-refractivity contribution in [3.63, 3.8) is 0 Å². The number of benzene rings is 1. The molecule has 1 aromatic carbocycles. The molecule has 0 radical (unpaired) electrons. The minimum atomic E-state index is -0.413. The quantitative estimate of drug-likeness (QED) is 0.663. The van der Waals surface area contributed by atoms with Crippen molar-refractivity contribution in [3.05, 3.63) is 39.4 Å². The van der Waals surface area contributed by atoms with E-state index in [-0.39, 0.29) is 29.4 Å². The molecule has 0 bridgehead atoms. The van der Waals surface area contributed by atoms with Gasteiger partial charge in [-0.05, 0) is 56.8 Å². The molecule has 126 valence electrons. The number of piperidine rings is 1. The zero-order valence-electron chi connectivity index (χ0n) is 13.2. The maximum Gasteiger partial charge on any atom is 0.272 e. The molecule has 2 heterocycles. The number of likely N-dealkylation sites (tertiary alicyclic amines) is 1. The highest BCUT2D eigenvalue weighted by Gasteiger charge is 2.40. The van der Waals surface area contributed by atoms with E-state index in [0.717, 1.165) is 45.4 Å². The van der Waals surface area contributed by atoms with E-state index in [1.165, 1.54) is 6.07 Å². The average molecular weight is 340 g/mol. The summed E-state index contributed by atoms with van der Waals surface area (Å²) in [5.74, 6) is -0.00611. The van der Waals surface area contributed by atoms with Crippen LogP contribution in [0, 0.1) is 22.5 Å². The summed E-state index contributed by atoms with van der Waals surface area (Å²) in [5, 5.41) is 14.2. The van der Waals surface area contributed by atoms with Gasteiger partial charge in [0.25, 0.3) is 11.6 Å². The lowest BCUT2D eigenvalue weighted by Crippen LogP contribution is -2.39. The Hall–Kier alpha value is -1.66. The number of nitro groups is 1. The van der Waals surface area contributed by atoms with Crippen LogP contribution in [0.2, 0.25) is 0 Å². The first-order valence-electron chi connectivity index (χ1n) is 7.76. The van der Waals surface area contributed by atoms with Crippen molar-refractivity contribution in [2.75, 3.05) is 26.2 Å². The van der Waals surface area contributed by atoms with E-state index in [9.17, 15) is 14.9 Å². The highest BCUT2D eigenvalue weighted by Crippen LogP contribution is 2.39. The second-order valence-electron chi connectivity index (χ2n) is 6.49. The Morgan fingerprint density at radius 2 is 2.00 bits per heavy atom. The Morgan fingerprint density at radius 3 is 2.61 bits per heavy atom. The zero-order valence-corrected chi connectivity index (χ0v) is 14.0. The summed E-state index contributed by atoms with van der Waals surface area (Å²) >= 11 is 0. The van der Waals surface area contributed by atoms with Gasteiger partial charge < -0.3 is 10.2 Å². The number of nitro benzene ring substituents is 1. The molecule has 23 heavy (non-hydrogen) atoms. The maximum atomic E-state index is 12.6. The molecule has 1 amide bonds. The summed E-state index contributed by atoms with van der Waals surface area (Å²) in [7, 11) is 0. The molecule has 2 aliphatic rings. The van der Waals surface area contributed by atoms with E-state index in [0.29, 0.717) is 11.1 Å². The molecule has 1 spiro atoms. The third kappa shape index (κ3) is 3.48. The summed E-state index contributed by atoms with van der Waals surface area (Å²) < 4.78 is 0. The van der Waals surface area contributed by atoms with Gasteiger partial charge in [0.1, 0.15) is 0 Å². The maximum absolute atomic E-state index is 12.6. The Morgan fingerprint density at radius 1 is 1.30 bits per heavy atom. The summed E-state index contributed by atoms with van der Waals surface area (Å²) in [6, 6.07) is 4.63. The second kappa shape index (κ2) is 6.84. The van der Waals surface area contributed by atoms with Gasteiger partial charge in [-0.15, -0.1) is 12.4 Å². The minimum absolute atomic E-state index is 0. The van der Waals surface area contributed by atoms with Crippen LogP contribution in [0.15, 0.2) is 18.2 Å². The van der Waals surface area contributed by atoms with Crippen molar-refractivity contribution in [2.24, 2.45) is 5.41 Å². The SMILES string of the molecule is Cc1cc(C(=O)N2CCC3(CCNCC3)C2)ccc1[N+](=O)[O-].Cl. The summed E-state index contributed by atoms with van der Waals surface area (Å²) in [6.45, 7) is 5.32. The van der Waals surface area contributed by atoms with Gasteiger partial charge in [-0.1, -0.05) is 0 Å². The zero-order chi connectivity index (χ0) is 15.7. The molecule has 3 rings (SSSR count). The van der Waals surface area contributed by atoms with E-state index in [4.69, 9.17) is 0 Å². The Bertz CT molecular complexity index is 615. The molecule has 0 saturated carbocycles. The van der Waals surface area contributed by atoms with Crippen molar-refractivity contribution in [2.45, 2.75) is 26.2 Å². The Labute approximate surface area is 141 Å². The first kappa shape index (κ1) is 17.7. The van der Waals surface area contributed by atoms with Crippen LogP contribution in [-0.2, 0) is 0 Å². The summed E-state index contributed by atoms with van der Waals surface area (Å²) in [5.41, 5.74) is 1.42. The number of nitrogens with one attached hydrogen (secondary N) is 1. The Balaban J connectivity index is 0.00000192. The van der Waals surface area contributed by atoms with Gasteiger partial charge >= 0.3 is 0 Å². The van der Waals surface area contributed by atoms with E-state index >= 15 is 0 Å². The number of carbonyl (C=O) groups is 1. The van der Waals surface area contributed by atoms with Crippen LogP contribution in [-0.4, -0.2) is 41.9 Å². The van der Waals surface area contributed by atoms with Gasteiger partial charge in [0.05, 0.1) is 4.92 Å². The molecule has 1 aromatic rings. The highest BCUT2D eigenvalue weighted by atomic mass is 35.5. The molecule has 0 atom stereocenters. The van der Waals surface area contributed by atoms with E-state index < -0.39 is 4.92 Å². The van der Waals surface area contributed by atoms with Crippen molar-refractivity contribution >= 4 is 24.0 Å². The van der Waals surface area contributed by atoms with Crippen LogP contribution in [0.3, 0.4) is 0 Å². The van der Waals surface area contributed by atoms with Crippen molar-refractivity contribution in [1.29, 1.82) is 0 Å². The molecule has 2 fully saturated rings. The average Bonchev–Trinajstić information content (AvgIpc) is 2.90. The number of hydrogen-bond donors (Lipinski definition) is 1. The molecule has 0 unspecified atom stereocenters. The van der Waals surface area contributed by atoms with E-state index in [1.807, 2.05) is 4.90 Å². The third-order valence-corrected chi connectivity index (χ3v) is 5.03. The van der Waals surface area contributed by atoms with Gasteiger partial charge in [-0.25, -0.2) is 0 Å². The van der Waals surface area contributed by atoms with Crippen LogP contribution >= 0.6 is 12.4 Å². The topological polar surface area (TPSA) is 75.5 Å². The Kier molecular flexibility index (Phi) is 5.26. The predicted molar refractivity (Wildman–Crippen MR) is 90.1 cm³/mol. The molecule has 0 aromatic heterocycles.